The van der Waals surface area contributed by atoms with Crippen LogP contribution in [0.4, 0.5) is 0 Å². The maximum Gasteiger partial charge on any atom is 0.254 e. The first-order valence-corrected chi connectivity index (χ1v) is 7.39. The number of carbonyl (C=O) groups is 1. The third kappa shape index (κ3) is 3.19. The van der Waals surface area contributed by atoms with E-state index in [0.29, 0.717) is 29.9 Å². The van der Waals surface area contributed by atoms with E-state index in [4.69, 9.17) is 4.74 Å². The number of methoxy groups -OCH3 is 1. The summed E-state index contributed by atoms with van der Waals surface area (Å²) in [7, 11) is 1.60. The van der Waals surface area contributed by atoms with E-state index in [1.807, 2.05) is 54.6 Å². The van der Waals surface area contributed by atoms with E-state index in [-0.39, 0.29) is 5.91 Å². The Bertz CT molecular complexity index is 819. The summed E-state index contributed by atoms with van der Waals surface area (Å²) < 4.78 is 4.99. The van der Waals surface area contributed by atoms with Crippen LogP contribution in [0.25, 0.3) is 22.2 Å². The molecule has 0 atom stereocenters. The maximum atomic E-state index is 12.7. The van der Waals surface area contributed by atoms with Gasteiger partial charge in [0.05, 0.1) is 17.7 Å². The van der Waals surface area contributed by atoms with Gasteiger partial charge in [-0.3, -0.25) is 4.79 Å². The second-order valence-electron chi connectivity index (χ2n) is 5.06. The van der Waals surface area contributed by atoms with Gasteiger partial charge in [-0.15, -0.1) is 10.2 Å². The van der Waals surface area contributed by atoms with Crippen molar-refractivity contribution in [3.63, 3.8) is 0 Å². The predicted molar refractivity (Wildman–Crippen MR) is 89.2 cm³/mol. The van der Waals surface area contributed by atoms with Crippen LogP contribution in [-0.4, -0.2) is 36.4 Å². The first kappa shape index (κ1) is 15.1. The van der Waals surface area contributed by atoms with Crippen LogP contribution < -0.4 is 5.32 Å². The van der Waals surface area contributed by atoms with Crippen molar-refractivity contribution >= 4 is 16.8 Å². The van der Waals surface area contributed by atoms with E-state index >= 15 is 0 Å². The number of amides is 1. The number of hydrogen-bond acceptors (Lipinski definition) is 4. The van der Waals surface area contributed by atoms with E-state index in [1.54, 1.807) is 7.11 Å². The lowest BCUT2D eigenvalue weighted by atomic mass is 10.0. The van der Waals surface area contributed by atoms with E-state index in [1.165, 1.54) is 0 Å². The molecule has 1 aromatic heterocycles. The number of nitrogens with zero attached hydrogens (tertiary/aromatic N) is 2. The molecule has 2 aromatic carbocycles. The summed E-state index contributed by atoms with van der Waals surface area (Å²) in [5, 5.41) is 12.2. The van der Waals surface area contributed by atoms with E-state index in [9.17, 15) is 4.79 Å². The molecule has 3 aromatic rings. The number of carbonyl (C=O) groups excluding carboxylic acids is 1. The highest BCUT2D eigenvalue weighted by molar-refractivity contribution is 6.10. The van der Waals surface area contributed by atoms with E-state index in [2.05, 4.69) is 15.5 Å². The maximum absolute atomic E-state index is 12.7. The number of fused-ring (bicyclic) bond motifs is 1. The van der Waals surface area contributed by atoms with Gasteiger partial charge in [0.15, 0.2) is 0 Å². The second-order valence-corrected chi connectivity index (χ2v) is 5.06. The first-order chi connectivity index (χ1) is 11.3. The summed E-state index contributed by atoms with van der Waals surface area (Å²) in [4.78, 5) is 12.7. The molecule has 0 saturated carbocycles. The van der Waals surface area contributed by atoms with Crippen molar-refractivity contribution in [1.82, 2.24) is 15.5 Å². The standard InChI is InChI=1S/C18H17N3O2/c1-23-12-11-19-18(22)16-14-9-5-6-10-15(14)20-21-17(16)13-7-3-2-4-8-13/h2-10H,11-12H2,1H3,(H,19,22). The molecule has 0 aliphatic carbocycles. The van der Waals surface area contributed by atoms with Gasteiger partial charge in [-0.1, -0.05) is 48.5 Å². The van der Waals surface area contributed by atoms with Gasteiger partial charge in [-0.25, -0.2) is 0 Å². The van der Waals surface area contributed by atoms with Crippen molar-refractivity contribution in [2.24, 2.45) is 0 Å². The number of nitrogens with one attached hydrogen (secondary N) is 1. The minimum absolute atomic E-state index is 0.174. The lowest BCUT2D eigenvalue weighted by Gasteiger charge is -2.11. The van der Waals surface area contributed by atoms with Crippen LogP contribution in [0.2, 0.25) is 0 Å². The molecule has 0 unspecified atom stereocenters. The van der Waals surface area contributed by atoms with Crippen molar-refractivity contribution < 1.29 is 9.53 Å². The predicted octanol–water partition coefficient (Wildman–Crippen LogP) is 2.67. The average Bonchev–Trinajstić information content (AvgIpc) is 2.61. The molecule has 116 valence electrons. The Balaban J connectivity index is 2.12. The molecule has 1 N–H and O–H groups in total. The minimum atomic E-state index is -0.174. The Morgan fingerprint density at radius 2 is 1.78 bits per heavy atom. The van der Waals surface area contributed by atoms with Crippen molar-refractivity contribution in [3.05, 3.63) is 60.2 Å². The zero-order chi connectivity index (χ0) is 16.1. The van der Waals surface area contributed by atoms with Gasteiger partial charge in [0.25, 0.3) is 5.91 Å². The Kier molecular flexibility index (Phi) is 4.59. The second kappa shape index (κ2) is 6.98. The fourth-order valence-corrected chi connectivity index (χ4v) is 2.44. The molecule has 0 radical (unpaired) electrons. The molecule has 3 rings (SSSR count). The largest absolute Gasteiger partial charge is 0.383 e. The topological polar surface area (TPSA) is 64.1 Å². The lowest BCUT2D eigenvalue weighted by molar-refractivity contribution is 0.0939. The number of aromatic nitrogens is 2. The zero-order valence-corrected chi connectivity index (χ0v) is 12.8. The Labute approximate surface area is 134 Å². The van der Waals surface area contributed by atoms with Crippen LogP contribution in [0, 0.1) is 0 Å². The van der Waals surface area contributed by atoms with Crippen molar-refractivity contribution in [3.8, 4) is 11.3 Å². The van der Waals surface area contributed by atoms with Crippen LogP contribution in [0.5, 0.6) is 0 Å². The highest BCUT2D eigenvalue weighted by Crippen LogP contribution is 2.26. The van der Waals surface area contributed by atoms with Crippen molar-refractivity contribution in [2.45, 2.75) is 0 Å². The van der Waals surface area contributed by atoms with Gasteiger partial charge in [0.2, 0.25) is 0 Å². The summed E-state index contributed by atoms with van der Waals surface area (Å²) >= 11 is 0. The number of hydrogen-bond donors (Lipinski definition) is 1. The van der Waals surface area contributed by atoms with Gasteiger partial charge < -0.3 is 10.1 Å². The molecular weight excluding hydrogens is 290 g/mol. The van der Waals surface area contributed by atoms with E-state index < -0.39 is 0 Å². The molecule has 0 aliphatic rings. The molecule has 0 fully saturated rings. The summed E-state index contributed by atoms with van der Waals surface area (Å²) in [6.45, 7) is 0.906. The van der Waals surface area contributed by atoms with Gasteiger partial charge >= 0.3 is 0 Å². The molecule has 0 spiro atoms. The normalized spacial score (nSPS) is 10.7. The van der Waals surface area contributed by atoms with Gasteiger partial charge in [0.1, 0.15) is 5.69 Å². The molecule has 1 heterocycles. The smallest absolute Gasteiger partial charge is 0.254 e. The van der Waals surface area contributed by atoms with Crippen LogP contribution in [0.1, 0.15) is 10.4 Å². The summed E-state index contributed by atoms with van der Waals surface area (Å²) in [6, 6.07) is 17.1. The Hall–Kier alpha value is -2.79. The lowest BCUT2D eigenvalue weighted by Crippen LogP contribution is -2.28. The average molecular weight is 307 g/mol. The monoisotopic (exact) mass is 307 g/mol. The quantitative estimate of drug-likeness (QED) is 0.736. The van der Waals surface area contributed by atoms with Gasteiger partial charge in [-0.05, 0) is 6.07 Å². The van der Waals surface area contributed by atoms with Crippen molar-refractivity contribution in [2.75, 3.05) is 20.3 Å². The Morgan fingerprint density at radius 3 is 2.57 bits per heavy atom. The van der Waals surface area contributed by atoms with Crippen LogP contribution in [0.3, 0.4) is 0 Å². The first-order valence-electron chi connectivity index (χ1n) is 7.39. The Morgan fingerprint density at radius 1 is 1.04 bits per heavy atom. The van der Waals surface area contributed by atoms with E-state index in [0.717, 1.165) is 10.9 Å². The number of benzene rings is 2. The summed E-state index contributed by atoms with van der Waals surface area (Å²) in [5.41, 5.74) is 2.68. The third-order valence-electron chi connectivity index (χ3n) is 3.53. The highest BCUT2D eigenvalue weighted by Gasteiger charge is 2.18. The van der Waals surface area contributed by atoms with Crippen molar-refractivity contribution in [1.29, 1.82) is 0 Å². The van der Waals surface area contributed by atoms with Gasteiger partial charge in [-0.2, -0.15) is 0 Å². The van der Waals surface area contributed by atoms with Crippen LogP contribution in [-0.2, 0) is 4.74 Å². The SMILES string of the molecule is COCCNC(=O)c1c(-c2ccccc2)nnc2ccccc12. The molecular formula is C18H17N3O2. The van der Waals surface area contributed by atoms with Crippen LogP contribution in [0.15, 0.2) is 54.6 Å². The van der Waals surface area contributed by atoms with Gasteiger partial charge in [0, 0.05) is 24.6 Å². The molecule has 0 saturated heterocycles. The minimum Gasteiger partial charge on any atom is -0.383 e. The molecule has 5 nitrogen and oxygen atoms in total. The fourth-order valence-electron chi connectivity index (χ4n) is 2.44. The fraction of sp³-hybridized carbons (Fsp3) is 0.167. The third-order valence-corrected chi connectivity index (χ3v) is 3.53. The molecule has 23 heavy (non-hydrogen) atoms. The highest BCUT2D eigenvalue weighted by atomic mass is 16.5. The summed E-state index contributed by atoms with van der Waals surface area (Å²) in [6.07, 6.45) is 0. The zero-order valence-electron chi connectivity index (χ0n) is 12.8. The molecule has 0 aliphatic heterocycles. The number of rotatable bonds is 5. The summed E-state index contributed by atoms with van der Waals surface area (Å²) in [5.74, 6) is -0.174. The molecule has 0 bridgehead atoms. The van der Waals surface area contributed by atoms with Crippen LogP contribution >= 0.6 is 0 Å². The molecule has 1 amide bonds. The molecule has 5 heteroatoms. The number of ether oxygens (including phenoxy) is 1.